The van der Waals surface area contributed by atoms with Crippen molar-refractivity contribution in [1.29, 1.82) is 0 Å². The van der Waals surface area contributed by atoms with E-state index >= 15 is 0 Å². The lowest BCUT2D eigenvalue weighted by atomic mass is 10.1. The Kier molecular flexibility index (Phi) is 6.25. The summed E-state index contributed by atoms with van der Waals surface area (Å²) < 4.78 is 61.1. The van der Waals surface area contributed by atoms with Crippen LogP contribution in [-0.4, -0.2) is 40.8 Å². The number of halogens is 2. The number of carbonyl (C=O) groups is 1. The zero-order chi connectivity index (χ0) is 22.9. The second-order valence-electron chi connectivity index (χ2n) is 7.63. The predicted molar refractivity (Wildman–Crippen MR) is 113 cm³/mol. The van der Waals surface area contributed by atoms with Crippen molar-refractivity contribution >= 4 is 27.0 Å². The lowest BCUT2D eigenvalue weighted by Gasteiger charge is -2.33. The van der Waals surface area contributed by atoms with Crippen LogP contribution >= 0.6 is 0 Å². The standard InChI is InChI=1S/C22H23F2N3O4S/c1-15(20-25-17-11-5-6-12-18(17)27(20)22(23)24)31-21(28)19-13-7-8-14-26(19)32(29,30)16-9-3-2-4-10-16/h2-6,9-12,15,19,22H,7-8,13-14H2,1H3. The molecule has 1 aliphatic heterocycles. The van der Waals surface area contributed by atoms with Gasteiger partial charge in [-0.25, -0.2) is 13.4 Å². The first-order valence-corrected chi connectivity index (χ1v) is 11.8. The highest BCUT2D eigenvalue weighted by molar-refractivity contribution is 7.89. The largest absolute Gasteiger partial charge is 0.453 e. The van der Waals surface area contributed by atoms with Crippen molar-refractivity contribution in [3.05, 3.63) is 60.4 Å². The molecule has 0 saturated carbocycles. The highest BCUT2D eigenvalue weighted by Gasteiger charge is 2.39. The number of piperidine rings is 1. The topological polar surface area (TPSA) is 81.5 Å². The van der Waals surface area contributed by atoms with Gasteiger partial charge < -0.3 is 4.74 Å². The van der Waals surface area contributed by atoms with Crippen LogP contribution < -0.4 is 0 Å². The van der Waals surface area contributed by atoms with Crippen molar-refractivity contribution in [2.24, 2.45) is 0 Å². The van der Waals surface area contributed by atoms with E-state index in [0.29, 0.717) is 24.8 Å². The zero-order valence-electron chi connectivity index (χ0n) is 17.4. The number of rotatable bonds is 6. The van der Waals surface area contributed by atoms with Gasteiger partial charge in [-0.05, 0) is 50.5 Å². The molecule has 1 aliphatic rings. The first-order chi connectivity index (χ1) is 15.3. The molecule has 0 amide bonds. The molecule has 10 heteroatoms. The van der Waals surface area contributed by atoms with E-state index in [4.69, 9.17) is 4.74 Å². The van der Waals surface area contributed by atoms with Crippen LogP contribution in [0.3, 0.4) is 0 Å². The summed E-state index contributed by atoms with van der Waals surface area (Å²) in [5, 5.41) is 0. The van der Waals surface area contributed by atoms with E-state index in [1.807, 2.05) is 0 Å². The van der Waals surface area contributed by atoms with Crippen molar-refractivity contribution in [2.45, 2.75) is 49.8 Å². The number of hydrogen-bond donors (Lipinski definition) is 0. The van der Waals surface area contributed by atoms with E-state index in [1.54, 1.807) is 36.4 Å². The van der Waals surface area contributed by atoms with E-state index in [2.05, 4.69) is 4.98 Å². The monoisotopic (exact) mass is 463 g/mol. The molecular weight excluding hydrogens is 440 g/mol. The van der Waals surface area contributed by atoms with Gasteiger partial charge >= 0.3 is 12.5 Å². The van der Waals surface area contributed by atoms with E-state index in [1.165, 1.54) is 25.1 Å². The summed E-state index contributed by atoms with van der Waals surface area (Å²) in [4.78, 5) is 17.3. The minimum atomic E-state index is -3.91. The summed E-state index contributed by atoms with van der Waals surface area (Å²) in [7, 11) is -3.91. The first-order valence-electron chi connectivity index (χ1n) is 10.3. The fourth-order valence-electron chi connectivity index (χ4n) is 4.02. The molecule has 4 rings (SSSR count). The number of nitrogens with zero attached hydrogens (tertiary/aromatic N) is 3. The molecule has 3 aromatic rings. The van der Waals surface area contributed by atoms with Crippen LogP contribution in [0.25, 0.3) is 11.0 Å². The Morgan fingerprint density at radius 3 is 2.50 bits per heavy atom. The smallest absolute Gasteiger partial charge is 0.325 e. The molecule has 1 aromatic heterocycles. The van der Waals surface area contributed by atoms with Crippen LogP contribution in [0.15, 0.2) is 59.5 Å². The van der Waals surface area contributed by atoms with Crippen LogP contribution in [0.2, 0.25) is 0 Å². The Morgan fingerprint density at radius 1 is 1.09 bits per heavy atom. The number of esters is 1. The van der Waals surface area contributed by atoms with Gasteiger partial charge in [0.15, 0.2) is 11.9 Å². The molecule has 2 atom stereocenters. The van der Waals surface area contributed by atoms with Crippen molar-refractivity contribution in [3.63, 3.8) is 0 Å². The van der Waals surface area contributed by atoms with Gasteiger partial charge in [0.2, 0.25) is 10.0 Å². The van der Waals surface area contributed by atoms with Gasteiger partial charge in [0.05, 0.1) is 15.9 Å². The number of ether oxygens (including phenoxy) is 1. The van der Waals surface area contributed by atoms with Crippen LogP contribution in [0, 0.1) is 0 Å². The third-order valence-electron chi connectivity index (χ3n) is 5.55. The minimum absolute atomic E-state index is 0.0900. The predicted octanol–water partition coefficient (Wildman–Crippen LogP) is 4.28. The van der Waals surface area contributed by atoms with Gasteiger partial charge in [-0.3, -0.25) is 9.36 Å². The maximum Gasteiger partial charge on any atom is 0.325 e. The average Bonchev–Trinajstić information content (AvgIpc) is 3.20. The summed E-state index contributed by atoms with van der Waals surface area (Å²) in [5.41, 5.74) is 0.586. The van der Waals surface area contributed by atoms with Crippen molar-refractivity contribution in [3.8, 4) is 0 Å². The van der Waals surface area contributed by atoms with Crippen LogP contribution in [0.4, 0.5) is 8.78 Å². The Bertz CT molecular complexity index is 1210. The number of benzene rings is 2. The number of imidazole rings is 1. The van der Waals surface area contributed by atoms with Gasteiger partial charge in [-0.15, -0.1) is 0 Å². The molecule has 1 fully saturated rings. The Labute approximate surface area is 184 Å². The molecule has 0 aliphatic carbocycles. The summed E-state index contributed by atoms with van der Waals surface area (Å²) >= 11 is 0. The fourth-order valence-corrected chi connectivity index (χ4v) is 5.68. The normalized spacial score (nSPS) is 18.7. The number of para-hydroxylation sites is 2. The lowest BCUT2D eigenvalue weighted by Crippen LogP contribution is -2.48. The molecular formula is C22H23F2N3O4S. The molecule has 0 bridgehead atoms. The minimum Gasteiger partial charge on any atom is -0.453 e. The highest BCUT2D eigenvalue weighted by Crippen LogP contribution is 2.31. The quantitative estimate of drug-likeness (QED) is 0.510. The maximum absolute atomic E-state index is 13.7. The Hall–Kier alpha value is -2.85. The molecule has 7 nitrogen and oxygen atoms in total. The van der Waals surface area contributed by atoms with Gasteiger partial charge in [-0.2, -0.15) is 13.1 Å². The van der Waals surface area contributed by atoms with Crippen LogP contribution in [0.1, 0.15) is 44.7 Å². The van der Waals surface area contributed by atoms with Crippen molar-refractivity contribution in [1.82, 2.24) is 13.9 Å². The third kappa shape index (κ3) is 4.12. The first kappa shape index (κ1) is 22.3. The molecule has 0 radical (unpaired) electrons. The number of fused-ring (bicyclic) bond motifs is 1. The van der Waals surface area contributed by atoms with Crippen LogP contribution in [0.5, 0.6) is 0 Å². The summed E-state index contributed by atoms with van der Waals surface area (Å²) in [6, 6.07) is 13.3. The highest BCUT2D eigenvalue weighted by atomic mass is 32.2. The SMILES string of the molecule is CC(OC(=O)C1CCCCN1S(=O)(=O)c1ccccc1)c1nc2ccccc2n1C(F)F. The molecule has 32 heavy (non-hydrogen) atoms. The number of aromatic nitrogens is 2. The molecule has 2 aromatic carbocycles. The number of sulfonamides is 1. The molecule has 0 N–H and O–H groups in total. The molecule has 170 valence electrons. The van der Waals surface area contributed by atoms with Crippen molar-refractivity contribution < 1.29 is 26.7 Å². The van der Waals surface area contributed by atoms with Gasteiger partial charge in [0.25, 0.3) is 0 Å². The van der Waals surface area contributed by atoms with Crippen molar-refractivity contribution in [2.75, 3.05) is 6.54 Å². The van der Waals surface area contributed by atoms with Gasteiger partial charge in [0, 0.05) is 6.54 Å². The molecule has 2 unspecified atom stereocenters. The van der Waals surface area contributed by atoms with E-state index in [-0.39, 0.29) is 22.8 Å². The fraction of sp³-hybridized carbons (Fsp3) is 0.364. The molecule has 2 heterocycles. The van der Waals surface area contributed by atoms with Gasteiger partial charge in [-0.1, -0.05) is 30.3 Å². The average molecular weight is 464 g/mol. The third-order valence-corrected chi connectivity index (χ3v) is 7.47. The van der Waals surface area contributed by atoms with Gasteiger partial charge in [0.1, 0.15) is 6.04 Å². The number of hydrogen-bond acceptors (Lipinski definition) is 5. The summed E-state index contributed by atoms with van der Waals surface area (Å²) in [5.74, 6) is -0.868. The number of carbonyl (C=O) groups excluding carboxylic acids is 1. The molecule has 1 saturated heterocycles. The maximum atomic E-state index is 13.7. The Morgan fingerprint density at radius 2 is 1.78 bits per heavy atom. The summed E-state index contributed by atoms with van der Waals surface area (Å²) in [6.07, 6.45) is 0.479. The Balaban J connectivity index is 1.60. The second-order valence-corrected chi connectivity index (χ2v) is 9.52. The molecule has 0 spiro atoms. The lowest BCUT2D eigenvalue weighted by molar-refractivity contribution is -0.155. The zero-order valence-corrected chi connectivity index (χ0v) is 18.2. The van der Waals surface area contributed by atoms with Crippen LogP contribution in [-0.2, 0) is 19.6 Å². The van der Waals surface area contributed by atoms with E-state index in [9.17, 15) is 22.0 Å². The number of alkyl halides is 2. The second kappa shape index (κ2) is 8.95. The van der Waals surface area contributed by atoms with E-state index in [0.717, 1.165) is 8.87 Å². The van der Waals surface area contributed by atoms with E-state index < -0.39 is 34.7 Å². The summed E-state index contributed by atoms with van der Waals surface area (Å²) in [6.45, 7) is -1.24.